The summed E-state index contributed by atoms with van der Waals surface area (Å²) in [7, 11) is 0. The highest BCUT2D eigenvalue weighted by Gasteiger charge is 2.15. The average molecular weight is 366 g/mol. The number of carboxylic acids is 1. The molecule has 0 bridgehead atoms. The molecule has 7 heteroatoms. The molecule has 98 valence electrons. The van der Waals surface area contributed by atoms with E-state index in [0.29, 0.717) is 9.26 Å². The summed E-state index contributed by atoms with van der Waals surface area (Å²) in [6.07, 6.45) is 0. The summed E-state index contributed by atoms with van der Waals surface area (Å²) in [4.78, 5) is 23.5. The van der Waals surface area contributed by atoms with Crippen molar-refractivity contribution in [3.05, 3.63) is 27.6 Å². The summed E-state index contributed by atoms with van der Waals surface area (Å²) >= 11 is 1.89. The standard InChI is InChI=1S/C11H12FIN2O3/c1-2-15(6-10(16)17)11(18)14-9-4-3-7(12)5-8(9)13/h3-5H,2,6H2,1H3,(H,14,18)(H,16,17). The predicted octanol–water partition coefficient (Wildman–Crippen LogP) is 2.37. The van der Waals surface area contributed by atoms with Crippen LogP contribution in [0, 0.1) is 9.39 Å². The van der Waals surface area contributed by atoms with Gasteiger partial charge in [-0.2, -0.15) is 0 Å². The summed E-state index contributed by atoms with van der Waals surface area (Å²) in [6.45, 7) is 1.58. The number of carboxylic acid groups (broad SMARTS) is 1. The Morgan fingerprint density at radius 3 is 2.67 bits per heavy atom. The Hall–Kier alpha value is -1.38. The first-order valence-electron chi connectivity index (χ1n) is 5.16. The Balaban J connectivity index is 2.76. The number of likely N-dealkylation sites (N-methyl/N-ethyl adjacent to an activating group) is 1. The van der Waals surface area contributed by atoms with Gasteiger partial charge >= 0.3 is 12.0 Å². The number of nitrogens with zero attached hydrogens (tertiary/aromatic N) is 1. The summed E-state index contributed by atoms with van der Waals surface area (Å²) in [6, 6.07) is 3.42. The third-order valence-electron chi connectivity index (χ3n) is 2.17. The van der Waals surface area contributed by atoms with Crippen LogP contribution in [-0.2, 0) is 4.79 Å². The van der Waals surface area contributed by atoms with Gasteiger partial charge < -0.3 is 15.3 Å². The van der Waals surface area contributed by atoms with E-state index in [9.17, 15) is 14.0 Å². The lowest BCUT2D eigenvalue weighted by molar-refractivity contribution is -0.137. The van der Waals surface area contributed by atoms with Gasteiger partial charge in [-0.1, -0.05) is 0 Å². The number of hydrogen-bond acceptors (Lipinski definition) is 2. The molecule has 0 saturated heterocycles. The van der Waals surface area contributed by atoms with Crippen molar-refractivity contribution in [2.75, 3.05) is 18.4 Å². The van der Waals surface area contributed by atoms with E-state index in [1.165, 1.54) is 18.2 Å². The van der Waals surface area contributed by atoms with Crippen molar-refractivity contribution in [2.24, 2.45) is 0 Å². The zero-order valence-corrected chi connectivity index (χ0v) is 11.8. The molecule has 0 aliphatic carbocycles. The Morgan fingerprint density at radius 1 is 1.50 bits per heavy atom. The maximum atomic E-state index is 12.9. The van der Waals surface area contributed by atoms with Crippen LogP contribution in [0.5, 0.6) is 0 Å². The summed E-state index contributed by atoms with van der Waals surface area (Å²) < 4.78 is 13.4. The van der Waals surface area contributed by atoms with Gasteiger partial charge in [0.2, 0.25) is 0 Å². The smallest absolute Gasteiger partial charge is 0.323 e. The van der Waals surface area contributed by atoms with Crippen molar-refractivity contribution in [1.82, 2.24) is 4.90 Å². The van der Waals surface area contributed by atoms with Gasteiger partial charge in [0.25, 0.3) is 0 Å². The molecule has 0 spiro atoms. The molecular weight excluding hydrogens is 354 g/mol. The molecule has 0 aliphatic rings. The monoisotopic (exact) mass is 366 g/mol. The second kappa shape index (κ2) is 6.53. The first-order valence-corrected chi connectivity index (χ1v) is 6.24. The fraction of sp³-hybridized carbons (Fsp3) is 0.273. The van der Waals surface area contributed by atoms with E-state index in [-0.39, 0.29) is 13.1 Å². The van der Waals surface area contributed by atoms with E-state index in [1.807, 2.05) is 22.6 Å². The Labute approximate surface area is 117 Å². The molecule has 0 radical (unpaired) electrons. The van der Waals surface area contributed by atoms with Crippen LogP contribution in [0.1, 0.15) is 6.92 Å². The van der Waals surface area contributed by atoms with Crippen molar-refractivity contribution in [1.29, 1.82) is 0 Å². The average Bonchev–Trinajstić information content (AvgIpc) is 2.29. The predicted molar refractivity (Wildman–Crippen MR) is 73.0 cm³/mol. The number of aliphatic carboxylic acids is 1. The zero-order valence-electron chi connectivity index (χ0n) is 9.61. The van der Waals surface area contributed by atoms with Crippen LogP contribution >= 0.6 is 22.6 Å². The van der Waals surface area contributed by atoms with Crippen molar-refractivity contribution >= 4 is 40.3 Å². The minimum atomic E-state index is -1.08. The number of hydrogen-bond donors (Lipinski definition) is 2. The van der Waals surface area contributed by atoms with Gasteiger partial charge in [0.1, 0.15) is 12.4 Å². The number of carbonyl (C=O) groups excluding carboxylic acids is 1. The van der Waals surface area contributed by atoms with Gasteiger partial charge in [-0.25, -0.2) is 9.18 Å². The summed E-state index contributed by atoms with van der Waals surface area (Å²) in [5.41, 5.74) is 0.450. The molecule has 1 rings (SSSR count). The van der Waals surface area contributed by atoms with Crippen molar-refractivity contribution < 1.29 is 19.1 Å². The lowest BCUT2D eigenvalue weighted by Gasteiger charge is -2.19. The largest absolute Gasteiger partial charge is 0.480 e. The van der Waals surface area contributed by atoms with Crippen molar-refractivity contribution in [3.63, 3.8) is 0 Å². The number of amides is 2. The molecule has 0 fully saturated rings. The molecule has 0 unspecified atom stereocenters. The van der Waals surface area contributed by atoms with Crippen LogP contribution < -0.4 is 5.32 Å². The summed E-state index contributed by atoms with van der Waals surface area (Å²) in [5.74, 6) is -1.48. The maximum absolute atomic E-state index is 12.9. The minimum absolute atomic E-state index is 0.274. The zero-order chi connectivity index (χ0) is 13.7. The maximum Gasteiger partial charge on any atom is 0.323 e. The molecular formula is C11H12FIN2O3. The van der Waals surface area contributed by atoms with Crippen LogP contribution in [0.2, 0.25) is 0 Å². The molecule has 0 atom stereocenters. The lowest BCUT2D eigenvalue weighted by Crippen LogP contribution is -2.38. The number of benzene rings is 1. The molecule has 2 amide bonds. The van der Waals surface area contributed by atoms with Gasteiger partial charge in [-0.3, -0.25) is 4.79 Å². The van der Waals surface area contributed by atoms with E-state index in [0.717, 1.165) is 4.90 Å². The van der Waals surface area contributed by atoms with Crippen molar-refractivity contribution in [3.8, 4) is 0 Å². The first-order chi connectivity index (χ1) is 8.43. The molecule has 0 heterocycles. The number of carbonyl (C=O) groups is 2. The molecule has 1 aromatic rings. The molecule has 1 aromatic carbocycles. The minimum Gasteiger partial charge on any atom is -0.480 e. The Bertz CT molecular complexity index is 468. The van der Waals surface area contributed by atoms with Gasteiger partial charge in [0.05, 0.1) is 5.69 Å². The topological polar surface area (TPSA) is 69.6 Å². The third-order valence-corrected chi connectivity index (χ3v) is 3.06. The van der Waals surface area contributed by atoms with Crippen LogP contribution in [0.15, 0.2) is 18.2 Å². The molecule has 2 N–H and O–H groups in total. The summed E-state index contributed by atoms with van der Waals surface area (Å²) in [5, 5.41) is 11.2. The van der Waals surface area contributed by atoms with E-state index >= 15 is 0 Å². The van der Waals surface area contributed by atoms with Crippen LogP contribution in [-0.4, -0.2) is 35.1 Å². The second-order valence-electron chi connectivity index (χ2n) is 3.46. The number of urea groups is 1. The number of rotatable bonds is 4. The van der Waals surface area contributed by atoms with E-state index in [1.54, 1.807) is 6.92 Å². The number of nitrogens with one attached hydrogen (secondary N) is 1. The Kier molecular flexibility index (Phi) is 5.32. The molecule has 5 nitrogen and oxygen atoms in total. The van der Waals surface area contributed by atoms with Crippen LogP contribution in [0.4, 0.5) is 14.9 Å². The van der Waals surface area contributed by atoms with Crippen LogP contribution in [0.3, 0.4) is 0 Å². The molecule has 0 aromatic heterocycles. The van der Waals surface area contributed by atoms with E-state index in [2.05, 4.69) is 5.32 Å². The number of halogens is 2. The third kappa shape index (κ3) is 4.13. The normalized spacial score (nSPS) is 9.94. The SMILES string of the molecule is CCN(CC(=O)O)C(=O)Nc1ccc(F)cc1I. The second-order valence-corrected chi connectivity index (χ2v) is 4.62. The van der Waals surface area contributed by atoms with Crippen LogP contribution in [0.25, 0.3) is 0 Å². The van der Waals surface area contributed by atoms with E-state index in [4.69, 9.17) is 5.11 Å². The number of anilines is 1. The quantitative estimate of drug-likeness (QED) is 0.804. The van der Waals surface area contributed by atoms with E-state index < -0.39 is 17.8 Å². The van der Waals surface area contributed by atoms with Gasteiger partial charge in [-0.15, -0.1) is 0 Å². The highest BCUT2D eigenvalue weighted by atomic mass is 127. The first kappa shape index (κ1) is 14.7. The van der Waals surface area contributed by atoms with Gasteiger partial charge in [0.15, 0.2) is 0 Å². The lowest BCUT2D eigenvalue weighted by atomic mass is 10.3. The highest BCUT2D eigenvalue weighted by molar-refractivity contribution is 14.1. The fourth-order valence-corrected chi connectivity index (χ4v) is 1.89. The van der Waals surface area contributed by atoms with Crippen molar-refractivity contribution in [2.45, 2.75) is 6.92 Å². The van der Waals surface area contributed by atoms with Gasteiger partial charge in [-0.05, 0) is 47.7 Å². The highest BCUT2D eigenvalue weighted by Crippen LogP contribution is 2.19. The fourth-order valence-electron chi connectivity index (χ4n) is 1.28. The Morgan fingerprint density at radius 2 is 2.17 bits per heavy atom. The molecule has 0 aliphatic heterocycles. The molecule has 0 saturated carbocycles. The van der Waals surface area contributed by atoms with Gasteiger partial charge in [0, 0.05) is 10.1 Å². The molecule has 18 heavy (non-hydrogen) atoms.